The van der Waals surface area contributed by atoms with Gasteiger partial charge in [0.25, 0.3) is 0 Å². The van der Waals surface area contributed by atoms with E-state index in [9.17, 15) is 4.79 Å². The Labute approximate surface area is 138 Å². The molecule has 0 saturated carbocycles. The first kappa shape index (κ1) is 15.4. The molecule has 3 aromatic rings. The van der Waals surface area contributed by atoms with E-state index < -0.39 is 0 Å². The second kappa shape index (κ2) is 6.34. The van der Waals surface area contributed by atoms with Gasteiger partial charge in [-0.15, -0.1) is 0 Å². The maximum atomic E-state index is 11.8. The third-order valence-corrected chi connectivity index (χ3v) is 4.10. The van der Waals surface area contributed by atoms with Gasteiger partial charge in [-0.1, -0.05) is 17.7 Å². The minimum Gasteiger partial charge on any atom is -0.497 e. The fraction of sp³-hybridized carbons (Fsp3) is 0.167. The molecule has 0 spiro atoms. The predicted molar refractivity (Wildman–Crippen MR) is 92.6 cm³/mol. The summed E-state index contributed by atoms with van der Waals surface area (Å²) in [6.07, 6.45) is 0. The number of anilines is 1. The van der Waals surface area contributed by atoms with E-state index >= 15 is 0 Å². The Balaban J connectivity index is 1.93. The molecule has 2 aromatic carbocycles. The van der Waals surface area contributed by atoms with E-state index in [1.807, 2.05) is 37.3 Å². The molecule has 1 heterocycles. The number of fused-ring (bicyclic) bond motifs is 1. The van der Waals surface area contributed by atoms with Crippen molar-refractivity contribution in [2.75, 3.05) is 12.4 Å². The topological polar surface area (TPSA) is 51.5 Å². The normalized spacial score (nSPS) is 10.7. The van der Waals surface area contributed by atoms with Crippen molar-refractivity contribution < 1.29 is 9.15 Å². The lowest BCUT2D eigenvalue weighted by Crippen LogP contribution is -2.06. The van der Waals surface area contributed by atoms with Gasteiger partial charge in [-0.05, 0) is 42.3 Å². The summed E-state index contributed by atoms with van der Waals surface area (Å²) in [4.78, 5) is 11.8. The van der Waals surface area contributed by atoms with Crippen LogP contribution in [0.25, 0.3) is 11.0 Å². The maximum absolute atomic E-state index is 11.8. The van der Waals surface area contributed by atoms with Crippen molar-refractivity contribution in [3.05, 3.63) is 69.0 Å². The molecule has 1 aromatic heterocycles. The van der Waals surface area contributed by atoms with E-state index in [0.29, 0.717) is 22.9 Å². The lowest BCUT2D eigenvalue weighted by atomic mass is 10.1. The standard InChI is InChI=1S/C18H16ClNO3/c1-11-3-4-13(8-16(11)19)20-10-12-7-18(21)23-17-9-14(22-2)5-6-15(12)17/h3-9,20H,10H2,1-2H3. The second-order valence-electron chi connectivity index (χ2n) is 5.27. The van der Waals surface area contributed by atoms with Gasteiger partial charge in [-0.2, -0.15) is 0 Å². The van der Waals surface area contributed by atoms with Gasteiger partial charge in [0.05, 0.1) is 7.11 Å². The van der Waals surface area contributed by atoms with Gasteiger partial charge in [0.1, 0.15) is 11.3 Å². The van der Waals surface area contributed by atoms with Crippen molar-refractivity contribution in [2.24, 2.45) is 0 Å². The molecule has 1 N–H and O–H groups in total. The molecular formula is C18H16ClNO3. The summed E-state index contributed by atoms with van der Waals surface area (Å²) in [5.74, 6) is 0.649. The molecule has 0 aliphatic carbocycles. The molecule has 0 bridgehead atoms. The number of halogens is 1. The summed E-state index contributed by atoms with van der Waals surface area (Å²) in [7, 11) is 1.58. The van der Waals surface area contributed by atoms with Gasteiger partial charge < -0.3 is 14.5 Å². The Morgan fingerprint density at radius 1 is 1.17 bits per heavy atom. The van der Waals surface area contributed by atoms with E-state index in [2.05, 4.69) is 5.32 Å². The number of hydrogen-bond acceptors (Lipinski definition) is 4. The second-order valence-corrected chi connectivity index (χ2v) is 5.68. The van der Waals surface area contributed by atoms with Crippen molar-refractivity contribution in [3.63, 3.8) is 0 Å². The van der Waals surface area contributed by atoms with Crippen LogP contribution in [0, 0.1) is 6.92 Å². The van der Waals surface area contributed by atoms with Gasteiger partial charge in [0.15, 0.2) is 0 Å². The van der Waals surface area contributed by atoms with Crippen molar-refractivity contribution in [1.82, 2.24) is 0 Å². The first-order valence-electron chi connectivity index (χ1n) is 7.17. The van der Waals surface area contributed by atoms with Crippen molar-refractivity contribution in [1.29, 1.82) is 0 Å². The summed E-state index contributed by atoms with van der Waals surface area (Å²) in [5, 5.41) is 4.86. The van der Waals surface area contributed by atoms with Crippen LogP contribution in [0.15, 0.2) is 51.7 Å². The van der Waals surface area contributed by atoms with Crippen LogP contribution in [0.3, 0.4) is 0 Å². The van der Waals surface area contributed by atoms with E-state index in [-0.39, 0.29) is 5.63 Å². The van der Waals surface area contributed by atoms with Crippen molar-refractivity contribution >= 4 is 28.3 Å². The summed E-state index contributed by atoms with van der Waals surface area (Å²) in [6, 6.07) is 12.7. The third kappa shape index (κ3) is 3.32. The molecule has 0 amide bonds. The highest BCUT2D eigenvalue weighted by molar-refractivity contribution is 6.31. The number of rotatable bonds is 4. The zero-order valence-electron chi connectivity index (χ0n) is 12.9. The Morgan fingerprint density at radius 3 is 2.74 bits per heavy atom. The molecule has 5 heteroatoms. The molecule has 0 fully saturated rings. The van der Waals surface area contributed by atoms with Gasteiger partial charge >= 0.3 is 5.63 Å². The smallest absolute Gasteiger partial charge is 0.336 e. The Bertz CT molecular complexity index is 918. The molecule has 3 rings (SSSR count). The van der Waals surface area contributed by atoms with Crippen LogP contribution in [0.5, 0.6) is 5.75 Å². The Kier molecular flexibility index (Phi) is 4.26. The number of ether oxygens (including phenoxy) is 1. The quantitative estimate of drug-likeness (QED) is 0.722. The molecular weight excluding hydrogens is 314 g/mol. The molecule has 23 heavy (non-hydrogen) atoms. The van der Waals surface area contributed by atoms with E-state index in [1.54, 1.807) is 13.2 Å². The lowest BCUT2D eigenvalue weighted by Gasteiger charge is -2.10. The summed E-state index contributed by atoms with van der Waals surface area (Å²) in [6.45, 7) is 2.45. The van der Waals surface area contributed by atoms with E-state index in [0.717, 1.165) is 22.2 Å². The summed E-state index contributed by atoms with van der Waals surface area (Å²) in [5.41, 5.74) is 2.90. The predicted octanol–water partition coefficient (Wildman–Crippen LogP) is 4.38. The number of methoxy groups -OCH3 is 1. The van der Waals surface area contributed by atoms with Crippen LogP contribution in [-0.4, -0.2) is 7.11 Å². The molecule has 118 valence electrons. The molecule has 0 aliphatic heterocycles. The molecule has 0 saturated heterocycles. The average molecular weight is 330 g/mol. The average Bonchev–Trinajstić information content (AvgIpc) is 2.54. The fourth-order valence-electron chi connectivity index (χ4n) is 2.38. The highest BCUT2D eigenvalue weighted by Gasteiger charge is 2.07. The highest BCUT2D eigenvalue weighted by Crippen LogP contribution is 2.24. The molecule has 0 radical (unpaired) electrons. The number of hydrogen-bond donors (Lipinski definition) is 1. The Hall–Kier alpha value is -2.46. The molecule has 0 aliphatic rings. The third-order valence-electron chi connectivity index (χ3n) is 3.69. The van der Waals surface area contributed by atoms with Crippen LogP contribution in [0.1, 0.15) is 11.1 Å². The monoisotopic (exact) mass is 329 g/mol. The maximum Gasteiger partial charge on any atom is 0.336 e. The minimum absolute atomic E-state index is 0.385. The lowest BCUT2D eigenvalue weighted by molar-refractivity contribution is 0.414. The van der Waals surface area contributed by atoms with Crippen LogP contribution in [0.4, 0.5) is 5.69 Å². The number of nitrogens with one attached hydrogen (secondary N) is 1. The zero-order valence-corrected chi connectivity index (χ0v) is 13.6. The van der Waals surface area contributed by atoms with E-state index in [4.69, 9.17) is 20.8 Å². The van der Waals surface area contributed by atoms with Crippen LogP contribution in [0.2, 0.25) is 5.02 Å². The molecule has 0 unspecified atom stereocenters. The first-order valence-corrected chi connectivity index (χ1v) is 7.55. The van der Waals surface area contributed by atoms with Crippen LogP contribution < -0.4 is 15.7 Å². The van der Waals surface area contributed by atoms with Gasteiger partial charge in [0.2, 0.25) is 0 Å². The first-order chi connectivity index (χ1) is 11.1. The van der Waals surface area contributed by atoms with Crippen LogP contribution in [-0.2, 0) is 6.54 Å². The fourth-order valence-corrected chi connectivity index (χ4v) is 2.56. The number of aryl methyl sites for hydroxylation is 1. The van der Waals surface area contributed by atoms with Gasteiger partial charge in [-0.3, -0.25) is 0 Å². The zero-order chi connectivity index (χ0) is 16.4. The Morgan fingerprint density at radius 2 is 2.00 bits per heavy atom. The molecule has 0 atom stereocenters. The minimum atomic E-state index is -0.385. The van der Waals surface area contributed by atoms with E-state index in [1.165, 1.54) is 6.07 Å². The van der Waals surface area contributed by atoms with Crippen LogP contribution >= 0.6 is 11.6 Å². The summed E-state index contributed by atoms with van der Waals surface area (Å²) < 4.78 is 10.4. The SMILES string of the molecule is COc1ccc2c(CNc3ccc(C)c(Cl)c3)cc(=O)oc2c1. The van der Waals surface area contributed by atoms with Crippen molar-refractivity contribution in [2.45, 2.75) is 13.5 Å². The van der Waals surface area contributed by atoms with Gasteiger partial charge in [-0.25, -0.2) is 4.79 Å². The largest absolute Gasteiger partial charge is 0.497 e. The highest BCUT2D eigenvalue weighted by atomic mass is 35.5. The number of benzene rings is 2. The van der Waals surface area contributed by atoms with Crippen molar-refractivity contribution in [3.8, 4) is 5.75 Å². The molecule has 4 nitrogen and oxygen atoms in total. The van der Waals surface area contributed by atoms with Gasteiger partial charge in [0, 0.05) is 34.8 Å². The summed E-state index contributed by atoms with van der Waals surface area (Å²) >= 11 is 6.13.